The van der Waals surface area contributed by atoms with E-state index >= 15 is 0 Å². The van der Waals surface area contributed by atoms with E-state index in [0.29, 0.717) is 6.54 Å². The first-order chi connectivity index (χ1) is 9.78. The summed E-state index contributed by atoms with van der Waals surface area (Å²) < 4.78 is 5.04. The smallest absolute Gasteiger partial charge is 0.408 e. The van der Waals surface area contributed by atoms with Crippen LogP contribution in [0.1, 0.15) is 26.3 Å². The zero-order valence-electron chi connectivity index (χ0n) is 12.6. The van der Waals surface area contributed by atoms with Crippen LogP contribution in [0.5, 0.6) is 0 Å². The Kier molecular flexibility index (Phi) is 6.17. The topological polar surface area (TPSA) is 87.7 Å². The van der Waals surface area contributed by atoms with Gasteiger partial charge < -0.3 is 20.5 Å². The Morgan fingerprint density at radius 2 is 1.86 bits per heavy atom. The Balaban J connectivity index is 2.43. The van der Waals surface area contributed by atoms with Crippen LogP contribution in [0.15, 0.2) is 30.3 Å². The molecule has 1 amide bonds. The van der Waals surface area contributed by atoms with Crippen LogP contribution < -0.4 is 10.6 Å². The monoisotopic (exact) mass is 294 g/mol. The van der Waals surface area contributed by atoms with Crippen molar-refractivity contribution >= 4 is 12.1 Å². The number of nitrogens with one attached hydrogen (secondary N) is 2. The molecule has 1 aromatic carbocycles. The zero-order valence-corrected chi connectivity index (χ0v) is 12.6. The molecule has 116 valence electrons. The Morgan fingerprint density at radius 3 is 2.38 bits per heavy atom. The van der Waals surface area contributed by atoms with Gasteiger partial charge >= 0.3 is 12.1 Å². The molecule has 1 aromatic rings. The molecular weight excluding hydrogens is 272 g/mol. The molecule has 0 saturated heterocycles. The van der Waals surface area contributed by atoms with Crippen molar-refractivity contribution in [1.29, 1.82) is 0 Å². The number of alkyl carbamates (subject to hydrolysis) is 1. The summed E-state index contributed by atoms with van der Waals surface area (Å²) in [6, 6.07) is 8.56. The summed E-state index contributed by atoms with van der Waals surface area (Å²) in [5.41, 5.74) is 0.379. The average molecular weight is 294 g/mol. The van der Waals surface area contributed by atoms with Gasteiger partial charge in [0.2, 0.25) is 0 Å². The maximum atomic E-state index is 11.6. The van der Waals surface area contributed by atoms with Gasteiger partial charge in [-0.1, -0.05) is 30.3 Å². The quantitative estimate of drug-likeness (QED) is 0.744. The van der Waals surface area contributed by atoms with Crippen molar-refractivity contribution in [2.24, 2.45) is 0 Å². The standard InChI is InChI=1S/C15H22N2O4/c1-15(2,3)21-14(20)17-12(13(18)19)10-16-9-11-7-5-4-6-8-11/h4-8,12,16H,9-10H2,1-3H3,(H,17,20)(H,18,19)/t12-/m0/s1. The van der Waals surface area contributed by atoms with Crippen molar-refractivity contribution in [3.8, 4) is 0 Å². The molecule has 1 rings (SSSR count). The van der Waals surface area contributed by atoms with Gasteiger partial charge in [-0.3, -0.25) is 0 Å². The molecule has 0 fully saturated rings. The van der Waals surface area contributed by atoms with Crippen molar-refractivity contribution in [1.82, 2.24) is 10.6 Å². The molecule has 21 heavy (non-hydrogen) atoms. The van der Waals surface area contributed by atoms with E-state index in [0.717, 1.165) is 5.56 Å². The van der Waals surface area contributed by atoms with E-state index in [9.17, 15) is 9.59 Å². The number of carbonyl (C=O) groups is 2. The predicted octanol–water partition coefficient (Wildman–Crippen LogP) is 1.75. The number of carboxylic acids is 1. The van der Waals surface area contributed by atoms with Crippen LogP contribution in [0.25, 0.3) is 0 Å². The highest BCUT2D eigenvalue weighted by Crippen LogP contribution is 2.06. The third-order valence-corrected chi connectivity index (χ3v) is 2.51. The minimum absolute atomic E-state index is 0.115. The van der Waals surface area contributed by atoms with Gasteiger partial charge in [0.25, 0.3) is 0 Å². The number of rotatable bonds is 6. The Bertz CT molecular complexity index is 468. The summed E-state index contributed by atoms with van der Waals surface area (Å²) in [5, 5.41) is 14.4. The summed E-state index contributed by atoms with van der Waals surface area (Å²) in [7, 11) is 0. The molecule has 6 nitrogen and oxygen atoms in total. The summed E-state index contributed by atoms with van der Waals surface area (Å²) >= 11 is 0. The second-order valence-electron chi connectivity index (χ2n) is 5.65. The molecule has 0 bridgehead atoms. The highest BCUT2D eigenvalue weighted by Gasteiger charge is 2.23. The van der Waals surface area contributed by atoms with Crippen LogP contribution in [-0.2, 0) is 16.1 Å². The summed E-state index contributed by atoms with van der Waals surface area (Å²) in [5.74, 6) is -1.11. The van der Waals surface area contributed by atoms with Crippen molar-refractivity contribution in [2.45, 2.75) is 39.0 Å². The maximum Gasteiger partial charge on any atom is 0.408 e. The lowest BCUT2D eigenvalue weighted by molar-refractivity contribution is -0.139. The molecule has 0 radical (unpaired) electrons. The first-order valence-electron chi connectivity index (χ1n) is 6.75. The normalized spacial score (nSPS) is 12.5. The molecule has 0 unspecified atom stereocenters. The number of ether oxygens (including phenoxy) is 1. The minimum Gasteiger partial charge on any atom is -0.480 e. The number of benzene rings is 1. The Morgan fingerprint density at radius 1 is 1.24 bits per heavy atom. The van der Waals surface area contributed by atoms with Gasteiger partial charge in [0.15, 0.2) is 0 Å². The fourth-order valence-corrected chi connectivity index (χ4v) is 1.61. The van der Waals surface area contributed by atoms with Crippen LogP contribution in [0.3, 0.4) is 0 Å². The second kappa shape index (κ2) is 7.64. The molecule has 0 aliphatic heterocycles. The van der Waals surface area contributed by atoms with E-state index < -0.39 is 23.7 Å². The number of hydrogen-bond donors (Lipinski definition) is 3. The van der Waals surface area contributed by atoms with Crippen LogP contribution in [-0.4, -0.2) is 35.4 Å². The van der Waals surface area contributed by atoms with Gasteiger partial charge in [-0.15, -0.1) is 0 Å². The first-order valence-corrected chi connectivity index (χ1v) is 6.75. The summed E-state index contributed by atoms with van der Waals surface area (Å²) in [4.78, 5) is 22.7. The lowest BCUT2D eigenvalue weighted by atomic mass is 10.2. The summed E-state index contributed by atoms with van der Waals surface area (Å²) in [6.45, 7) is 5.80. The van der Waals surface area contributed by atoms with Crippen molar-refractivity contribution in [3.63, 3.8) is 0 Å². The van der Waals surface area contributed by atoms with E-state index in [2.05, 4.69) is 10.6 Å². The number of hydrogen-bond acceptors (Lipinski definition) is 4. The van der Waals surface area contributed by atoms with E-state index in [4.69, 9.17) is 9.84 Å². The van der Waals surface area contributed by atoms with Gasteiger partial charge in [0.1, 0.15) is 11.6 Å². The molecule has 6 heteroatoms. The largest absolute Gasteiger partial charge is 0.480 e. The molecule has 0 saturated carbocycles. The number of carboxylic acid groups (broad SMARTS) is 1. The molecule has 0 heterocycles. The molecule has 0 aliphatic carbocycles. The van der Waals surface area contributed by atoms with Crippen LogP contribution >= 0.6 is 0 Å². The Labute approximate surface area is 124 Å². The number of carbonyl (C=O) groups excluding carboxylic acids is 1. The van der Waals surface area contributed by atoms with Gasteiger partial charge in [-0.05, 0) is 26.3 Å². The van der Waals surface area contributed by atoms with Crippen molar-refractivity contribution in [2.75, 3.05) is 6.54 Å². The average Bonchev–Trinajstić information content (AvgIpc) is 2.36. The van der Waals surface area contributed by atoms with E-state index in [1.54, 1.807) is 20.8 Å². The third kappa shape index (κ3) is 7.31. The zero-order chi connectivity index (χ0) is 15.9. The first kappa shape index (κ1) is 17.0. The predicted molar refractivity (Wildman–Crippen MR) is 78.9 cm³/mol. The lowest BCUT2D eigenvalue weighted by Crippen LogP contribution is -2.48. The van der Waals surface area contributed by atoms with Gasteiger partial charge in [0.05, 0.1) is 0 Å². The fraction of sp³-hybridized carbons (Fsp3) is 0.467. The number of aliphatic carboxylic acids is 1. The van der Waals surface area contributed by atoms with Crippen molar-refractivity contribution in [3.05, 3.63) is 35.9 Å². The third-order valence-electron chi connectivity index (χ3n) is 2.51. The highest BCUT2D eigenvalue weighted by molar-refractivity contribution is 5.80. The molecule has 1 atom stereocenters. The SMILES string of the molecule is CC(C)(C)OC(=O)N[C@@H](CNCc1ccccc1)C(=O)O. The lowest BCUT2D eigenvalue weighted by Gasteiger charge is -2.22. The number of amides is 1. The molecule has 0 spiro atoms. The van der Waals surface area contributed by atoms with Gasteiger partial charge in [0, 0.05) is 13.1 Å². The van der Waals surface area contributed by atoms with E-state index in [1.165, 1.54) is 0 Å². The van der Waals surface area contributed by atoms with Gasteiger partial charge in [-0.2, -0.15) is 0 Å². The van der Waals surface area contributed by atoms with E-state index in [1.807, 2.05) is 30.3 Å². The maximum absolute atomic E-state index is 11.6. The van der Waals surface area contributed by atoms with E-state index in [-0.39, 0.29) is 6.54 Å². The highest BCUT2D eigenvalue weighted by atomic mass is 16.6. The van der Waals surface area contributed by atoms with Crippen LogP contribution in [0, 0.1) is 0 Å². The Hall–Kier alpha value is -2.08. The molecule has 0 aromatic heterocycles. The molecule has 3 N–H and O–H groups in total. The minimum atomic E-state index is -1.11. The van der Waals surface area contributed by atoms with Crippen LogP contribution in [0.4, 0.5) is 4.79 Å². The summed E-state index contributed by atoms with van der Waals surface area (Å²) in [6.07, 6.45) is -0.739. The van der Waals surface area contributed by atoms with Gasteiger partial charge in [-0.25, -0.2) is 9.59 Å². The van der Waals surface area contributed by atoms with Crippen molar-refractivity contribution < 1.29 is 19.4 Å². The second-order valence-corrected chi connectivity index (χ2v) is 5.65. The fourth-order valence-electron chi connectivity index (χ4n) is 1.61. The van der Waals surface area contributed by atoms with Crippen LogP contribution in [0.2, 0.25) is 0 Å². The molecular formula is C15H22N2O4. The molecule has 0 aliphatic rings.